The summed E-state index contributed by atoms with van der Waals surface area (Å²) < 4.78 is 2.74. The second-order valence-electron chi connectivity index (χ2n) is 5.61. The summed E-state index contributed by atoms with van der Waals surface area (Å²) in [4.78, 5) is 24.3. The van der Waals surface area contributed by atoms with Crippen LogP contribution in [0, 0.1) is 0 Å². The van der Waals surface area contributed by atoms with E-state index in [2.05, 4.69) is 26.6 Å². The number of aryl methyl sites for hydroxylation is 1. The molecule has 0 bridgehead atoms. The summed E-state index contributed by atoms with van der Waals surface area (Å²) in [5.41, 5.74) is 1.86. The van der Waals surface area contributed by atoms with Crippen molar-refractivity contribution in [3.8, 4) is 0 Å². The van der Waals surface area contributed by atoms with Gasteiger partial charge in [0.25, 0.3) is 11.8 Å². The first-order valence-corrected chi connectivity index (χ1v) is 8.44. The minimum Gasteiger partial charge on any atom is -0.349 e. The molecule has 1 fully saturated rings. The average Bonchev–Trinajstić information content (AvgIpc) is 3.27. The van der Waals surface area contributed by atoms with Crippen LogP contribution in [0.2, 0.25) is 0 Å². The molecule has 3 rings (SSSR count). The topological polar surface area (TPSA) is 63.1 Å². The smallest absolute Gasteiger partial charge is 0.272 e. The summed E-state index contributed by atoms with van der Waals surface area (Å²) in [5.74, 6) is -0.234. The molecular weight excluding hydrogens is 358 g/mol. The molecule has 1 aromatic heterocycles. The number of nitrogens with zero attached hydrogens (tertiary/aromatic N) is 1. The molecule has 6 heteroatoms. The third kappa shape index (κ3) is 3.82. The Morgan fingerprint density at radius 3 is 2.52 bits per heavy atom. The fourth-order valence-corrected chi connectivity index (χ4v) is 2.79. The Balaban J connectivity index is 1.67. The van der Waals surface area contributed by atoms with E-state index in [1.54, 1.807) is 30.3 Å². The number of hydrogen-bond donors (Lipinski definition) is 2. The van der Waals surface area contributed by atoms with Crippen molar-refractivity contribution in [3.05, 3.63) is 52.3 Å². The number of carbonyl (C=O) groups excluding carboxylic acids is 2. The zero-order valence-electron chi connectivity index (χ0n) is 12.8. The van der Waals surface area contributed by atoms with Crippen LogP contribution in [0.25, 0.3) is 0 Å². The van der Waals surface area contributed by atoms with E-state index < -0.39 is 0 Å². The fourth-order valence-electron chi connectivity index (χ4n) is 2.32. The Morgan fingerprint density at radius 2 is 1.91 bits per heavy atom. The maximum atomic E-state index is 12.3. The molecule has 1 aliphatic rings. The van der Waals surface area contributed by atoms with Crippen molar-refractivity contribution in [3.63, 3.8) is 0 Å². The SMILES string of the molecule is CCn1cc(Br)cc1C(=O)Nc1ccc(C(=O)NC2CC2)cc1. The Bertz CT molecular complexity index is 733. The molecular formula is C17H18BrN3O2. The average molecular weight is 376 g/mol. The highest BCUT2D eigenvalue weighted by molar-refractivity contribution is 9.10. The maximum absolute atomic E-state index is 12.3. The van der Waals surface area contributed by atoms with Gasteiger partial charge in [-0.3, -0.25) is 9.59 Å². The fraction of sp³-hybridized carbons (Fsp3) is 0.294. The van der Waals surface area contributed by atoms with Crippen molar-refractivity contribution in [1.82, 2.24) is 9.88 Å². The van der Waals surface area contributed by atoms with Crippen molar-refractivity contribution in [2.24, 2.45) is 0 Å². The van der Waals surface area contributed by atoms with Crippen molar-refractivity contribution < 1.29 is 9.59 Å². The molecule has 0 saturated heterocycles. The number of aromatic nitrogens is 1. The van der Waals surface area contributed by atoms with Crippen LogP contribution in [0.5, 0.6) is 0 Å². The lowest BCUT2D eigenvalue weighted by Crippen LogP contribution is -2.25. The molecule has 1 heterocycles. The van der Waals surface area contributed by atoms with Gasteiger partial charge in [-0.2, -0.15) is 0 Å². The van der Waals surface area contributed by atoms with Crippen molar-refractivity contribution in [1.29, 1.82) is 0 Å². The van der Waals surface area contributed by atoms with E-state index >= 15 is 0 Å². The van der Waals surface area contributed by atoms with Gasteiger partial charge in [-0.1, -0.05) is 0 Å². The third-order valence-electron chi connectivity index (χ3n) is 3.75. The van der Waals surface area contributed by atoms with Gasteiger partial charge in [0.1, 0.15) is 5.69 Å². The largest absolute Gasteiger partial charge is 0.349 e. The van der Waals surface area contributed by atoms with E-state index in [1.165, 1.54) is 0 Å². The van der Waals surface area contributed by atoms with Crippen LogP contribution in [0.4, 0.5) is 5.69 Å². The molecule has 5 nitrogen and oxygen atoms in total. The predicted octanol–water partition coefficient (Wildman–Crippen LogP) is 3.42. The first kappa shape index (κ1) is 15.8. The Kier molecular flexibility index (Phi) is 4.52. The lowest BCUT2D eigenvalue weighted by molar-refractivity contribution is 0.0950. The quantitative estimate of drug-likeness (QED) is 0.840. The molecule has 1 aromatic carbocycles. The zero-order valence-corrected chi connectivity index (χ0v) is 14.4. The second-order valence-corrected chi connectivity index (χ2v) is 6.52. The standard InChI is InChI=1S/C17H18BrN3O2/c1-2-21-10-12(18)9-15(21)17(23)20-13-5-3-11(4-6-13)16(22)19-14-7-8-14/h3-6,9-10,14H,2,7-8H2,1H3,(H,19,22)(H,20,23). The molecule has 23 heavy (non-hydrogen) atoms. The first-order chi connectivity index (χ1) is 11.1. The monoisotopic (exact) mass is 375 g/mol. The van der Waals surface area contributed by atoms with Gasteiger partial charge < -0.3 is 15.2 Å². The van der Waals surface area contributed by atoms with Crippen molar-refractivity contribution in [2.75, 3.05) is 5.32 Å². The van der Waals surface area contributed by atoms with E-state index in [0.29, 0.717) is 29.5 Å². The lowest BCUT2D eigenvalue weighted by atomic mass is 10.2. The summed E-state index contributed by atoms with van der Waals surface area (Å²) >= 11 is 3.38. The van der Waals surface area contributed by atoms with Gasteiger partial charge in [0, 0.05) is 34.5 Å². The predicted molar refractivity (Wildman–Crippen MR) is 92.7 cm³/mol. The van der Waals surface area contributed by atoms with Crippen LogP contribution in [-0.4, -0.2) is 22.4 Å². The number of anilines is 1. The van der Waals surface area contributed by atoms with Crippen LogP contribution in [0.1, 0.15) is 40.6 Å². The number of benzene rings is 1. The number of rotatable bonds is 5. The molecule has 1 aliphatic carbocycles. The highest BCUT2D eigenvalue weighted by Crippen LogP contribution is 2.20. The number of nitrogens with one attached hydrogen (secondary N) is 2. The van der Waals surface area contributed by atoms with Gasteiger partial charge in [0.05, 0.1) is 0 Å². The molecule has 0 aliphatic heterocycles. The van der Waals surface area contributed by atoms with Gasteiger partial charge >= 0.3 is 0 Å². The Labute approximate surface area is 143 Å². The zero-order chi connectivity index (χ0) is 16.4. The summed E-state index contributed by atoms with van der Waals surface area (Å²) in [6.07, 6.45) is 4.00. The molecule has 120 valence electrons. The Hall–Kier alpha value is -2.08. The summed E-state index contributed by atoms with van der Waals surface area (Å²) in [5, 5.41) is 5.79. The minimum absolute atomic E-state index is 0.0610. The van der Waals surface area contributed by atoms with Gasteiger partial charge in [-0.25, -0.2) is 0 Å². The number of amides is 2. The number of hydrogen-bond acceptors (Lipinski definition) is 2. The lowest BCUT2D eigenvalue weighted by Gasteiger charge is -2.08. The van der Waals surface area contributed by atoms with Gasteiger partial charge in [0.15, 0.2) is 0 Å². The second kappa shape index (κ2) is 6.58. The highest BCUT2D eigenvalue weighted by Gasteiger charge is 2.23. The van der Waals surface area contributed by atoms with Crippen molar-refractivity contribution in [2.45, 2.75) is 32.4 Å². The molecule has 0 spiro atoms. The Morgan fingerprint density at radius 1 is 1.22 bits per heavy atom. The van der Waals surface area contributed by atoms with E-state index in [1.807, 2.05) is 17.7 Å². The number of carbonyl (C=O) groups is 2. The third-order valence-corrected chi connectivity index (χ3v) is 4.19. The maximum Gasteiger partial charge on any atom is 0.272 e. The van der Waals surface area contributed by atoms with Crippen LogP contribution >= 0.6 is 15.9 Å². The van der Waals surface area contributed by atoms with Crippen molar-refractivity contribution >= 4 is 33.4 Å². The summed E-state index contributed by atoms with van der Waals surface area (Å²) in [7, 11) is 0. The summed E-state index contributed by atoms with van der Waals surface area (Å²) in [6, 6.07) is 9.06. The van der Waals surface area contributed by atoms with E-state index in [0.717, 1.165) is 17.3 Å². The molecule has 2 amide bonds. The molecule has 0 unspecified atom stereocenters. The molecule has 1 saturated carbocycles. The first-order valence-electron chi connectivity index (χ1n) is 7.64. The summed E-state index contributed by atoms with van der Waals surface area (Å²) in [6.45, 7) is 2.70. The van der Waals surface area contributed by atoms with Gasteiger partial charge in [0.2, 0.25) is 0 Å². The highest BCUT2D eigenvalue weighted by atomic mass is 79.9. The molecule has 0 atom stereocenters. The van der Waals surface area contributed by atoms with Gasteiger partial charge in [-0.05, 0) is 66.0 Å². The molecule has 2 N–H and O–H groups in total. The molecule has 2 aromatic rings. The normalized spacial score (nSPS) is 13.7. The minimum atomic E-state index is -0.173. The van der Waals surface area contributed by atoms with Crippen LogP contribution < -0.4 is 10.6 Å². The van der Waals surface area contributed by atoms with Crippen LogP contribution in [0.15, 0.2) is 41.0 Å². The van der Waals surface area contributed by atoms with Crippen LogP contribution in [-0.2, 0) is 6.54 Å². The van der Waals surface area contributed by atoms with Crippen LogP contribution in [0.3, 0.4) is 0 Å². The van der Waals surface area contributed by atoms with E-state index in [9.17, 15) is 9.59 Å². The van der Waals surface area contributed by atoms with E-state index in [-0.39, 0.29) is 11.8 Å². The van der Waals surface area contributed by atoms with Gasteiger partial charge in [-0.15, -0.1) is 0 Å². The number of halogens is 1. The van der Waals surface area contributed by atoms with E-state index in [4.69, 9.17) is 0 Å². The molecule has 0 radical (unpaired) electrons.